The summed E-state index contributed by atoms with van der Waals surface area (Å²) in [6.07, 6.45) is 1.62. The number of ether oxygens (including phenoxy) is 1. The number of methoxy groups -OCH3 is 1. The lowest BCUT2D eigenvalue weighted by Crippen LogP contribution is -2.28. The molecule has 206 valence electrons. The summed E-state index contributed by atoms with van der Waals surface area (Å²) in [5.74, 6) is -4.74. The molecule has 0 amide bonds. The molecule has 0 atom stereocenters. The van der Waals surface area contributed by atoms with E-state index in [4.69, 9.17) is 4.74 Å². The Labute approximate surface area is 216 Å². The summed E-state index contributed by atoms with van der Waals surface area (Å²) < 4.78 is 140. The lowest BCUT2D eigenvalue weighted by molar-refractivity contribution is -0.0500. The molecule has 2 heterocycles. The van der Waals surface area contributed by atoms with Crippen LogP contribution in [0, 0.1) is 17.5 Å². The molecular weight excluding hydrogens is 580 g/mol. The highest BCUT2D eigenvalue weighted by molar-refractivity contribution is 7.92. The van der Waals surface area contributed by atoms with Crippen LogP contribution in [0.2, 0.25) is 0 Å². The van der Waals surface area contributed by atoms with E-state index in [-0.39, 0.29) is 28.1 Å². The zero-order valence-corrected chi connectivity index (χ0v) is 20.8. The third-order valence-electron chi connectivity index (χ3n) is 5.08. The van der Waals surface area contributed by atoms with Gasteiger partial charge in [0.2, 0.25) is 11.8 Å². The smallest absolute Gasteiger partial charge is 0.480 e. The number of nitrogens with zero attached hydrogens (tertiary/aromatic N) is 2. The molecule has 0 aliphatic carbocycles. The topological polar surface area (TPSA) is 125 Å². The molecule has 17 heteroatoms. The summed E-state index contributed by atoms with van der Waals surface area (Å²) in [5.41, 5.74) is -5.97. The molecule has 39 heavy (non-hydrogen) atoms. The van der Waals surface area contributed by atoms with Gasteiger partial charge in [0.05, 0.1) is 13.3 Å². The van der Waals surface area contributed by atoms with Crippen molar-refractivity contribution < 1.29 is 52.1 Å². The Balaban J connectivity index is 1.80. The molecule has 0 saturated carbocycles. The molecule has 0 aliphatic rings. The molecule has 1 N–H and O–H groups in total. The number of fused-ring (bicyclic) bond motifs is 1. The van der Waals surface area contributed by atoms with Crippen LogP contribution in [-0.4, -0.2) is 39.4 Å². The van der Waals surface area contributed by atoms with Crippen LogP contribution in [0.3, 0.4) is 0 Å². The Hall–Kier alpha value is -4.12. The van der Waals surface area contributed by atoms with Crippen LogP contribution in [0.5, 0.6) is 11.8 Å². The van der Waals surface area contributed by atoms with Gasteiger partial charge in [0.1, 0.15) is 28.0 Å². The Morgan fingerprint density at radius 2 is 1.49 bits per heavy atom. The second-order valence-corrected chi connectivity index (χ2v) is 10.8. The van der Waals surface area contributed by atoms with E-state index in [1.807, 2.05) is 0 Å². The highest BCUT2D eigenvalue weighted by Crippen LogP contribution is 2.36. The summed E-state index contributed by atoms with van der Waals surface area (Å²) in [6.45, 7) is 0. The lowest BCUT2D eigenvalue weighted by atomic mass is 10.0. The second-order valence-electron chi connectivity index (χ2n) is 7.62. The maximum atomic E-state index is 14.3. The highest BCUT2D eigenvalue weighted by atomic mass is 32.2. The number of anilines is 1. The molecule has 4 aromatic rings. The van der Waals surface area contributed by atoms with Gasteiger partial charge in [0.25, 0.3) is 10.0 Å². The standard InChI is InChI=1S/C22H13F6N3O6S2/c1-36-21-18(31-38(32,33)19-5-3-13(23)8-16(19)24)7-12(9-29-21)11-2-4-14-15(6-11)20(30-10-17(14)25)37-39(34,35)22(26,27)28/h2-10,31H,1H3. The van der Waals surface area contributed by atoms with Crippen molar-refractivity contribution in [2.45, 2.75) is 10.4 Å². The number of hydrogen-bond donors (Lipinski definition) is 1. The van der Waals surface area contributed by atoms with Gasteiger partial charge in [0, 0.05) is 28.6 Å². The van der Waals surface area contributed by atoms with Gasteiger partial charge >= 0.3 is 15.6 Å². The zero-order valence-electron chi connectivity index (χ0n) is 19.1. The number of nitrogens with one attached hydrogen (secondary N) is 1. The third kappa shape index (κ3) is 5.53. The van der Waals surface area contributed by atoms with Crippen molar-refractivity contribution in [3.8, 4) is 22.9 Å². The van der Waals surface area contributed by atoms with E-state index in [0.29, 0.717) is 18.3 Å². The van der Waals surface area contributed by atoms with Gasteiger partial charge in [-0.15, -0.1) is 0 Å². The van der Waals surface area contributed by atoms with E-state index in [1.54, 1.807) is 0 Å². The number of halogens is 6. The van der Waals surface area contributed by atoms with Crippen LogP contribution in [0.25, 0.3) is 21.9 Å². The average molecular weight is 593 g/mol. The molecule has 2 aromatic carbocycles. The number of benzene rings is 2. The molecule has 0 bridgehead atoms. The predicted octanol–water partition coefficient (Wildman–Crippen LogP) is 4.75. The quantitative estimate of drug-likeness (QED) is 0.185. The molecule has 0 saturated heterocycles. The minimum absolute atomic E-state index is 0.0730. The fourth-order valence-corrected chi connectivity index (χ4v) is 4.86. The number of aromatic nitrogens is 2. The number of rotatable bonds is 7. The molecule has 2 aromatic heterocycles. The van der Waals surface area contributed by atoms with Crippen LogP contribution in [0.15, 0.2) is 59.8 Å². The monoisotopic (exact) mass is 593 g/mol. The van der Waals surface area contributed by atoms with Gasteiger partial charge < -0.3 is 8.92 Å². The highest BCUT2D eigenvalue weighted by Gasteiger charge is 2.49. The number of hydrogen-bond acceptors (Lipinski definition) is 8. The van der Waals surface area contributed by atoms with E-state index in [0.717, 1.165) is 37.6 Å². The van der Waals surface area contributed by atoms with Gasteiger partial charge in [-0.3, -0.25) is 4.72 Å². The maximum absolute atomic E-state index is 14.3. The molecule has 0 spiro atoms. The molecule has 0 unspecified atom stereocenters. The Morgan fingerprint density at radius 1 is 0.795 bits per heavy atom. The van der Waals surface area contributed by atoms with Crippen molar-refractivity contribution in [1.82, 2.24) is 9.97 Å². The number of alkyl halides is 3. The van der Waals surface area contributed by atoms with Crippen LogP contribution >= 0.6 is 0 Å². The fraction of sp³-hybridized carbons (Fsp3) is 0.0909. The number of pyridine rings is 2. The molecule has 0 radical (unpaired) electrons. The second kappa shape index (κ2) is 9.88. The fourth-order valence-electron chi connectivity index (χ4n) is 3.32. The summed E-state index contributed by atoms with van der Waals surface area (Å²) in [5, 5.41) is -0.804. The normalized spacial score (nSPS) is 12.4. The van der Waals surface area contributed by atoms with Crippen molar-refractivity contribution in [3.05, 3.63) is 72.3 Å². The molecule has 9 nitrogen and oxygen atoms in total. The first-order valence-corrected chi connectivity index (χ1v) is 13.1. The minimum atomic E-state index is -6.15. The van der Waals surface area contributed by atoms with E-state index < -0.39 is 59.3 Å². The Bertz CT molecular complexity index is 1820. The molecule has 4 rings (SSSR count). The zero-order chi connectivity index (χ0) is 28.8. The molecule has 0 fully saturated rings. The van der Waals surface area contributed by atoms with E-state index >= 15 is 0 Å². The lowest BCUT2D eigenvalue weighted by Gasteiger charge is -2.14. The summed E-state index contributed by atoms with van der Waals surface area (Å²) in [7, 11) is -9.64. The maximum Gasteiger partial charge on any atom is 0.534 e. The first kappa shape index (κ1) is 27.9. The van der Waals surface area contributed by atoms with Gasteiger partial charge in [-0.25, -0.2) is 31.6 Å². The van der Waals surface area contributed by atoms with Gasteiger partial charge in [-0.05, 0) is 29.8 Å². The van der Waals surface area contributed by atoms with E-state index in [1.165, 1.54) is 6.07 Å². The third-order valence-corrected chi connectivity index (χ3v) is 7.42. The first-order chi connectivity index (χ1) is 18.1. The van der Waals surface area contributed by atoms with Crippen LogP contribution in [0.1, 0.15) is 0 Å². The first-order valence-electron chi connectivity index (χ1n) is 10.2. The van der Waals surface area contributed by atoms with Crippen molar-refractivity contribution in [2.24, 2.45) is 0 Å². The Morgan fingerprint density at radius 3 is 2.13 bits per heavy atom. The van der Waals surface area contributed by atoms with Crippen LogP contribution < -0.4 is 13.6 Å². The molecule has 0 aliphatic heterocycles. The van der Waals surface area contributed by atoms with Crippen molar-refractivity contribution in [3.63, 3.8) is 0 Å². The summed E-state index contributed by atoms with van der Waals surface area (Å²) in [6, 6.07) is 6.33. The van der Waals surface area contributed by atoms with E-state index in [2.05, 4.69) is 18.9 Å². The average Bonchev–Trinajstić information content (AvgIpc) is 2.84. The summed E-state index contributed by atoms with van der Waals surface area (Å²) >= 11 is 0. The van der Waals surface area contributed by atoms with Crippen LogP contribution in [0.4, 0.5) is 32.0 Å². The van der Waals surface area contributed by atoms with E-state index in [9.17, 15) is 43.2 Å². The van der Waals surface area contributed by atoms with Crippen molar-refractivity contribution >= 4 is 36.6 Å². The van der Waals surface area contributed by atoms with Crippen molar-refractivity contribution in [1.29, 1.82) is 0 Å². The largest absolute Gasteiger partial charge is 0.534 e. The molecular formula is C22H13F6N3O6S2. The minimum Gasteiger partial charge on any atom is -0.480 e. The van der Waals surface area contributed by atoms with Gasteiger partial charge in [-0.1, -0.05) is 12.1 Å². The van der Waals surface area contributed by atoms with Crippen LogP contribution in [-0.2, 0) is 20.1 Å². The number of sulfonamides is 1. The predicted molar refractivity (Wildman–Crippen MR) is 124 cm³/mol. The SMILES string of the molecule is COc1ncc(-c2ccc3c(F)cnc(OS(=O)(=O)C(F)(F)F)c3c2)cc1NS(=O)(=O)c1ccc(F)cc1F. The summed E-state index contributed by atoms with van der Waals surface area (Å²) in [4.78, 5) is 6.35. The Kier molecular flexibility index (Phi) is 7.07. The van der Waals surface area contributed by atoms with Crippen molar-refractivity contribution in [2.75, 3.05) is 11.8 Å². The van der Waals surface area contributed by atoms with Gasteiger partial charge in [-0.2, -0.15) is 21.6 Å². The van der Waals surface area contributed by atoms with Gasteiger partial charge in [0.15, 0.2) is 0 Å².